The zero-order valence-electron chi connectivity index (χ0n) is 15.2. The van der Waals surface area contributed by atoms with Crippen LogP contribution in [-0.2, 0) is 16.4 Å². The van der Waals surface area contributed by atoms with E-state index in [4.69, 9.17) is 4.99 Å². The van der Waals surface area contributed by atoms with Gasteiger partial charge in [0.05, 0.1) is 28.4 Å². The average Bonchev–Trinajstić information content (AvgIpc) is 2.66. The van der Waals surface area contributed by atoms with Gasteiger partial charge in [-0.3, -0.25) is 4.99 Å². The molecular formula is C20H23N3O2S2. The monoisotopic (exact) mass is 401 g/mol. The Bertz CT molecular complexity index is 980. The fraction of sp³-hybridized carbons (Fsp3) is 0.350. The zero-order chi connectivity index (χ0) is 18.9. The first-order valence-electron chi connectivity index (χ1n) is 9.03. The van der Waals surface area contributed by atoms with Gasteiger partial charge in [-0.15, -0.1) is 0 Å². The summed E-state index contributed by atoms with van der Waals surface area (Å²) in [7, 11) is -3.28. The third-order valence-electron chi connectivity index (χ3n) is 5.13. The minimum atomic E-state index is -3.28. The molecule has 0 unspecified atom stereocenters. The second-order valence-corrected chi connectivity index (χ2v) is 10.2. The van der Waals surface area contributed by atoms with Crippen molar-refractivity contribution in [3.8, 4) is 0 Å². The highest BCUT2D eigenvalue weighted by Gasteiger charge is 2.41. The van der Waals surface area contributed by atoms with E-state index in [9.17, 15) is 8.42 Å². The van der Waals surface area contributed by atoms with Gasteiger partial charge in [0.15, 0.2) is 9.84 Å². The van der Waals surface area contributed by atoms with E-state index in [-0.39, 0.29) is 5.54 Å². The molecule has 0 aliphatic carbocycles. The third kappa shape index (κ3) is 3.71. The molecule has 2 heterocycles. The number of thioether (sulfide) groups is 1. The van der Waals surface area contributed by atoms with Gasteiger partial charge in [0.1, 0.15) is 5.84 Å². The molecule has 2 aromatic rings. The van der Waals surface area contributed by atoms with Crippen LogP contribution in [0.25, 0.3) is 0 Å². The number of hydrogen-bond acceptors (Lipinski definition) is 5. The van der Waals surface area contributed by atoms with Crippen molar-refractivity contribution in [1.29, 1.82) is 0 Å². The maximum Gasteiger partial charge on any atom is 0.175 e. The maximum atomic E-state index is 12.1. The Morgan fingerprint density at radius 1 is 1.04 bits per heavy atom. The SMILES string of the molecule is CS(=O)(=O)c1ccccc1CN=C1Nc2ccccc2NC12CCSCC2. The summed E-state index contributed by atoms with van der Waals surface area (Å²) in [6, 6.07) is 15.3. The standard InChI is InChI=1S/C20H23N3O2S2/c1-27(24,25)18-9-5-2-6-15(18)14-21-19-20(10-12-26-13-11-20)23-17-8-4-3-7-16(17)22-19/h2-9,23H,10-14H2,1H3,(H,21,22). The summed E-state index contributed by atoms with van der Waals surface area (Å²) >= 11 is 1.96. The number of para-hydroxylation sites is 2. The number of nitrogens with zero attached hydrogens (tertiary/aromatic N) is 1. The maximum absolute atomic E-state index is 12.1. The predicted octanol–water partition coefficient (Wildman–Crippen LogP) is 3.79. The Labute approximate surface area is 164 Å². The molecule has 2 aliphatic heterocycles. The van der Waals surface area contributed by atoms with Crippen molar-refractivity contribution in [3.05, 3.63) is 54.1 Å². The fourth-order valence-electron chi connectivity index (χ4n) is 3.70. The second kappa shape index (κ2) is 7.20. The highest BCUT2D eigenvalue weighted by atomic mass is 32.2. The predicted molar refractivity (Wildman–Crippen MR) is 114 cm³/mol. The molecule has 7 heteroatoms. The molecule has 2 aromatic carbocycles. The number of benzene rings is 2. The summed E-state index contributed by atoms with van der Waals surface area (Å²) in [6.45, 7) is 0.338. The van der Waals surface area contributed by atoms with Gasteiger partial charge in [-0.2, -0.15) is 11.8 Å². The van der Waals surface area contributed by atoms with E-state index in [0.29, 0.717) is 11.4 Å². The number of aliphatic imine (C=N–C) groups is 1. The fourth-order valence-corrected chi connectivity index (χ4v) is 5.82. The van der Waals surface area contributed by atoms with E-state index >= 15 is 0 Å². The Hall–Kier alpha value is -1.99. The van der Waals surface area contributed by atoms with Crippen LogP contribution < -0.4 is 10.6 Å². The Morgan fingerprint density at radius 3 is 2.44 bits per heavy atom. The quantitative estimate of drug-likeness (QED) is 0.819. The summed E-state index contributed by atoms with van der Waals surface area (Å²) in [6.07, 6.45) is 3.23. The first-order valence-corrected chi connectivity index (χ1v) is 12.1. The molecule has 0 amide bonds. The minimum absolute atomic E-state index is 0.209. The van der Waals surface area contributed by atoms with E-state index in [1.54, 1.807) is 12.1 Å². The summed E-state index contributed by atoms with van der Waals surface area (Å²) in [5.41, 5.74) is 2.63. The molecule has 0 bridgehead atoms. The number of sulfone groups is 1. The van der Waals surface area contributed by atoms with Crippen LogP contribution >= 0.6 is 11.8 Å². The highest BCUT2D eigenvalue weighted by Crippen LogP contribution is 2.38. The molecule has 27 heavy (non-hydrogen) atoms. The lowest BCUT2D eigenvalue weighted by atomic mass is 9.87. The van der Waals surface area contributed by atoms with E-state index in [1.807, 2.05) is 42.1 Å². The topological polar surface area (TPSA) is 70.6 Å². The van der Waals surface area contributed by atoms with Crippen molar-refractivity contribution >= 4 is 38.8 Å². The molecule has 0 atom stereocenters. The number of anilines is 2. The van der Waals surface area contributed by atoms with Gasteiger partial charge in [0.2, 0.25) is 0 Å². The van der Waals surface area contributed by atoms with Crippen LogP contribution in [0.4, 0.5) is 11.4 Å². The first kappa shape index (κ1) is 18.4. The second-order valence-electron chi connectivity index (χ2n) is 7.03. The van der Waals surface area contributed by atoms with Crippen molar-refractivity contribution in [2.45, 2.75) is 29.8 Å². The van der Waals surface area contributed by atoms with Crippen molar-refractivity contribution in [1.82, 2.24) is 0 Å². The van der Waals surface area contributed by atoms with E-state index < -0.39 is 9.84 Å². The van der Waals surface area contributed by atoms with E-state index in [2.05, 4.69) is 16.7 Å². The number of nitrogens with one attached hydrogen (secondary N) is 2. The summed E-state index contributed by atoms with van der Waals surface area (Å²) in [5.74, 6) is 3.07. The van der Waals surface area contributed by atoms with Crippen molar-refractivity contribution in [2.24, 2.45) is 4.99 Å². The smallest absolute Gasteiger partial charge is 0.175 e. The molecule has 142 valence electrons. The number of fused-ring (bicyclic) bond motifs is 1. The summed E-state index contributed by atoms with van der Waals surface area (Å²) < 4.78 is 24.2. The minimum Gasteiger partial charge on any atom is -0.371 e. The molecular weight excluding hydrogens is 378 g/mol. The largest absolute Gasteiger partial charge is 0.371 e. The number of amidine groups is 1. The molecule has 5 nitrogen and oxygen atoms in total. The van der Waals surface area contributed by atoms with Crippen molar-refractivity contribution in [2.75, 3.05) is 28.4 Å². The van der Waals surface area contributed by atoms with Crippen LogP contribution in [0.2, 0.25) is 0 Å². The van der Waals surface area contributed by atoms with Crippen LogP contribution in [-0.4, -0.2) is 37.6 Å². The van der Waals surface area contributed by atoms with Crippen LogP contribution in [0.1, 0.15) is 18.4 Å². The van der Waals surface area contributed by atoms with Gasteiger partial charge < -0.3 is 10.6 Å². The van der Waals surface area contributed by atoms with Crippen molar-refractivity contribution in [3.63, 3.8) is 0 Å². The first-order chi connectivity index (χ1) is 13.0. The molecule has 1 spiro atoms. The molecule has 1 fully saturated rings. The molecule has 2 N–H and O–H groups in total. The lowest BCUT2D eigenvalue weighted by Crippen LogP contribution is -2.54. The molecule has 0 radical (unpaired) electrons. The lowest BCUT2D eigenvalue weighted by Gasteiger charge is -2.43. The van der Waals surface area contributed by atoms with Gasteiger partial charge in [0, 0.05) is 6.26 Å². The Balaban J connectivity index is 1.71. The van der Waals surface area contributed by atoms with Crippen LogP contribution in [0.5, 0.6) is 0 Å². The molecule has 0 saturated carbocycles. The summed E-state index contributed by atoms with van der Waals surface area (Å²) in [4.78, 5) is 5.23. The lowest BCUT2D eigenvalue weighted by molar-refractivity contribution is 0.559. The number of hydrogen-bond donors (Lipinski definition) is 2. The van der Waals surface area contributed by atoms with Gasteiger partial charge in [0.25, 0.3) is 0 Å². The van der Waals surface area contributed by atoms with Gasteiger partial charge in [-0.1, -0.05) is 30.3 Å². The Kier molecular flexibility index (Phi) is 4.90. The van der Waals surface area contributed by atoms with Crippen LogP contribution in [0, 0.1) is 0 Å². The zero-order valence-corrected chi connectivity index (χ0v) is 16.9. The van der Waals surface area contributed by atoms with Gasteiger partial charge >= 0.3 is 0 Å². The van der Waals surface area contributed by atoms with E-state index in [1.165, 1.54) is 6.26 Å². The summed E-state index contributed by atoms with van der Waals surface area (Å²) in [5, 5.41) is 7.23. The van der Waals surface area contributed by atoms with Gasteiger partial charge in [-0.25, -0.2) is 8.42 Å². The van der Waals surface area contributed by atoms with Crippen molar-refractivity contribution < 1.29 is 8.42 Å². The van der Waals surface area contributed by atoms with Gasteiger partial charge in [-0.05, 0) is 48.1 Å². The highest BCUT2D eigenvalue weighted by molar-refractivity contribution is 7.99. The average molecular weight is 402 g/mol. The Morgan fingerprint density at radius 2 is 1.70 bits per heavy atom. The molecule has 4 rings (SSSR count). The van der Waals surface area contributed by atoms with Crippen LogP contribution in [0.15, 0.2) is 58.4 Å². The number of rotatable bonds is 3. The molecule has 0 aromatic heterocycles. The molecule has 2 aliphatic rings. The normalized spacial score (nSPS) is 20.0. The third-order valence-corrected chi connectivity index (χ3v) is 7.32. The molecule has 1 saturated heterocycles. The van der Waals surface area contributed by atoms with Crippen LogP contribution in [0.3, 0.4) is 0 Å². The van der Waals surface area contributed by atoms with E-state index in [0.717, 1.165) is 47.1 Å².